The van der Waals surface area contributed by atoms with Crippen molar-refractivity contribution in [3.63, 3.8) is 0 Å². The lowest BCUT2D eigenvalue weighted by molar-refractivity contribution is -0.143. The summed E-state index contributed by atoms with van der Waals surface area (Å²) >= 11 is 0. The van der Waals surface area contributed by atoms with Gasteiger partial charge in [-0.1, -0.05) is 0 Å². The minimum absolute atomic E-state index is 0.0401. The summed E-state index contributed by atoms with van der Waals surface area (Å²) in [6, 6.07) is -5.47. The monoisotopic (exact) mass is 546 g/mol. The van der Waals surface area contributed by atoms with Crippen molar-refractivity contribution in [1.29, 1.82) is 0 Å². The van der Waals surface area contributed by atoms with Crippen molar-refractivity contribution in [2.24, 2.45) is 27.9 Å². The number of hydrogen-bond donors (Lipinski definition) is 10. The highest BCUT2D eigenvalue weighted by atomic mass is 16.4. The fraction of sp³-hybridized carbons (Fsp3) is 0.667. The van der Waals surface area contributed by atoms with Crippen molar-refractivity contribution >= 4 is 41.6 Å². The maximum atomic E-state index is 13.1. The Balaban J connectivity index is 5.68. The second-order valence-corrected chi connectivity index (χ2v) is 8.39. The van der Waals surface area contributed by atoms with Gasteiger partial charge in [-0.2, -0.15) is 0 Å². The zero-order chi connectivity index (χ0) is 29.3. The van der Waals surface area contributed by atoms with Crippen LogP contribution in [0.1, 0.15) is 51.4 Å². The number of aliphatic imine (C=N–C) groups is 1. The first-order chi connectivity index (χ1) is 17.8. The topological polar surface area (TPSA) is 316 Å². The number of carboxylic acids is 3. The molecule has 17 heteroatoms. The van der Waals surface area contributed by atoms with Gasteiger partial charge in [0.2, 0.25) is 17.7 Å². The summed E-state index contributed by atoms with van der Waals surface area (Å²) in [5.41, 5.74) is 21.6. The maximum absolute atomic E-state index is 13.1. The van der Waals surface area contributed by atoms with Crippen LogP contribution in [0, 0.1) is 0 Å². The molecule has 4 unspecified atom stereocenters. The van der Waals surface area contributed by atoms with Gasteiger partial charge in [0.1, 0.15) is 18.1 Å². The zero-order valence-corrected chi connectivity index (χ0v) is 20.9. The Morgan fingerprint density at radius 3 is 1.71 bits per heavy atom. The minimum Gasteiger partial charge on any atom is -0.481 e. The van der Waals surface area contributed by atoms with E-state index in [2.05, 4.69) is 20.9 Å². The van der Waals surface area contributed by atoms with E-state index < -0.39 is 79.1 Å². The van der Waals surface area contributed by atoms with Crippen LogP contribution in [0.5, 0.6) is 0 Å². The highest BCUT2D eigenvalue weighted by Crippen LogP contribution is 2.07. The Morgan fingerprint density at radius 2 is 1.24 bits per heavy atom. The average Bonchev–Trinajstić information content (AvgIpc) is 2.81. The molecule has 216 valence electrons. The smallest absolute Gasteiger partial charge is 0.326 e. The number of carbonyl (C=O) groups excluding carboxylic acids is 3. The first kappa shape index (κ1) is 34.0. The first-order valence-electron chi connectivity index (χ1n) is 11.9. The standard InChI is InChI=1S/C21H38N8O9/c22-8-2-1-4-12(27-17(34)11(23)10-16(32)33)18(35)28-13(5-3-9-26-21(24)25)19(36)29-14(20(37)38)6-7-15(30)31/h11-14H,1-10,22-23H2,(H,27,34)(H,28,35)(H,29,36)(H,30,31)(H,32,33)(H,37,38)(H4,24,25,26). The second-order valence-electron chi connectivity index (χ2n) is 8.39. The van der Waals surface area contributed by atoms with Crippen molar-refractivity contribution in [2.45, 2.75) is 75.5 Å². The fourth-order valence-corrected chi connectivity index (χ4v) is 3.16. The van der Waals surface area contributed by atoms with Gasteiger partial charge in [-0.05, 0) is 45.1 Å². The van der Waals surface area contributed by atoms with Crippen molar-refractivity contribution < 1.29 is 44.1 Å². The van der Waals surface area contributed by atoms with Crippen LogP contribution in [0.25, 0.3) is 0 Å². The summed E-state index contributed by atoms with van der Waals surface area (Å²) in [5, 5.41) is 34.1. The normalized spacial score (nSPS) is 13.7. The molecular weight excluding hydrogens is 508 g/mol. The predicted molar refractivity (Wildman–Crippen MR) is 133 cm³/mol. The molecule has 0 aromatic rings. The number of unbranched alkanes of at least 4 members (excludes halogenated alkanes) is 1. The highest BCUT2D eigenvalue weighted by Gasteiger charge is 2.30. The van der Waals surface area contributed by atoms with Gasteiger partial charge in [-0.15, -0.1) is 0 Å². The number of rotatable bonds is 20. The highest BCUT2D eigenvalue weighted by molar-refractivity contribution is 5.94. The van der Waals surface area contributed by atoms with Crippen LogP contribution in [-0.2, 0) is 28.8 Å². The van der Waals surface area contributed by atoms with E-state index in [1.165, 1.54) is 0 Å². The Kier molecular flexibility index (Phi) is 16.4. The molecule has 17 nitrogen and oxygen atoms in total. The molecule has 0 aliphatic carbocycles. The number of carboxylic acid groups (broad SMARTS) is 3. The molecule has 0 aliphatic rings. The second kappa shape index (κ2) is 18.3. The van der Waals surface area contributed by atoms with Gasteiger partial charge in [0, 0.05) is 13.0 Å². The van der Waals surface area contributed by atoms with Crippen LogP contribution < -0.4 is 38.9 Å². The largest absolute Gasteiger partial charge is 0.481 e. The number of amides is 3. The molecule has 38 heavy (non-hydrogen) atoms. The lowest BCUT2D eigenvalue weighted by Gasteiger charge is -2.25. The van der Waals surface area contributed by atoms with Crippen molar-refractivity contribution in [2.75, 3.05) is 13.1 Å². The summed E-state index contributed by atoms with van der Waals surface area (Å²) in [7, 11) is 0. The van der Waals surface area contributed by atoms with Crippen LogP contribution in [0.15, 0.2) is 4.99 Å². The lowest BCUT2D eigenvalue weighted by Crippen LogP contribution is -2.57. The third-order valence-electron chi connectivity index (χ3n) is 5.15. The summed E-state index contributed by atoms with van der Waals surface area (Å²) in [4.78, 5) is 75.2. The predicted octanol–water partition coefficient (Wildman–Crippen LogP) is -3.63. The van der Waals surface area contributed by atoms with Gasteiger partial charge >= 0.3 is 17.9 Å². The number of aliphatic carboxylic acids is 3. The van der Waals surface area contributed by atoms with Crippen molar-refractivity contribution in [3.05, 3.63) is 0 Å². The number of carbonyl (C=O) groups is 6. The molecule has 4 atom stereocenters. The third-order valence-corrected chi connectivity index (χ3v) is 5.15. The van der Waals surface area contributed by atoms with Crippen LogP contribution in [-0.4, -0.2) is 94.2 Å². The quantitative estimate of drug-likeness (QED) is 0.0401. The van der Waals surface area contributed by atoms with E-state index in [0.717, 1.165) is 0 Å². The van der Waals surface area contributed by atoms with E-state index in [-0.39, 0.29) is 31.8 Å². The van der Waals surface area contributed by atoms with Crippen molar-refractivity contribution in [1.82, 2.24) is 16.0 Å². The average molecular weight is 547 g/mol. The minimum atomic E-state index is -1.54. The number of nitrogens with zero attached hydrogens (tertiary/aromatic N) is 1. The van der Waals surface area contributed by atoms with Gasteiger partial charge in [0.15, 0.2) is 5.96 Å². The molecule has 14 N–H and O–H groups in total. The van der Waals surface area contributed by atoms with Gasteiger partial charge in [-0.25, -0.2) is 4.79 Å². The molecule has 0 aromatic carbocycles. The lowest BCUT2D eigenvalue weighted by atomic mass is 10.0. The Labute approximate surface area is 218 Å². The maximum Gasteiger partial charge on any atom is 0.326 e. The fourth-order valence-electron chi connectivity index (χ4n) is 3.16. The molecule has 0 radical (unpaired) electrons. The Bertz CT molecular complexity index is 864. The third kappa shape index (κ3) is 15.2. The van der Waals surface area contributed by atoms with E-state index in [4.69, 9.17) is 33.1 Å². The summed E-state index contributed by atoms with van der Waals surface area (Å²) in [6.07, 6.45) is -0.444. The molecule has 0 spiro atoms. The summed E-state index contributed by atoms with van der Waals surface area (Å²) in [6.45, 7) is 0.396. The van der Waals surface area contributed by atoms with Crippen LogP contribution in [0.4, 0.5) is 0 Å². The van der Waals surface area contributed by atoms with Crippen LogP contribution in [0.2, 0.25) is 0 Å². The molecule has 0 rings (SSSR count). The Morgan fingerprint density at radius 1 is 0.711 bits per heavy atom. The zero-order valence-electron chi connectivity index (χ0n) is 20.9. The van der Waals surface area contributed by atoms with Gasteiger partial charge in [0.25, 0.3) is 0 Å². The number of nitrogens with two attached hydrogens (primary N) is 4. The molecule has 0 saturated carbocycles. The number of nitrogens with one attached hydrogen (secondary N) is 3. The van der Waals surface area contributed by atoms with Gasteiger partial charge in [0.05, 0.1) is 12.5 Å². The SMILES string of the molecule is NCCCCC(NC(=O)C(N)CC(=O)O)C(=O)NC(CCCN=C(N)N)C(=O)NC(CCC(=O)O)C(=O)O. The number of guanidine groups is 1. The first-order valence-corrected chi connectivity index (χ1v) is 11.9. The molecule has 0 bridgehead atoms. The Hall–Kier alpha value is -3.99. The van der Waals surface area contributed by atoms with Crippen LogP contribution in [0.3, 0.4) is 0 Å². The van der Waals surface area contributed by atoms with Crippen molar-refractivity contribution in [3.8, 4) is 0 Å². The van der Waals surface area contributed by atoms with Gasteiger partial charge < -0.3 is 54.2 Å². The van der Waals surface area contributed by atoms with Gasteiger partial charge in [-0.3, -0.25) is 29.0 Å². The molecule has 0 saturated heterocycles. The van der Waals surface area contributed by atoms with E-state index in [0.29, 0.717) is 19.4 Å². The molecule has 0 aliphatic heterocycles. The number of hydrogen-bond acceptors (Lipinski definition) is 9. The van der Waals surface area contributed by atoms with E-state index in [1.807, 2.05) is 0 Å². The molecule has 0 heterocycles. The molecular formula is C21H38N8O9. The summed E-state index contributed by atoms with van der Waals surface area (Å²) in [5.74, 6) is -6.85. The van der Waals surface area contributed by atoms with E-state index >= 15 is 0 Å². The summed E-state index contributed by atoms with van der Waals surface area (Å²) < 4.78 is 0. The van der Waals surface area contributed by atoms with E-state index in [1.54, 1.807) is 0 Å². The van der Waals surface area contributed by atoms with Crippen LogP contribution >= 0.6 is 0 Å². The molecule has 3 amide bonds. The molecule has 0 fully saturated rings. The van der Waals surface area contributed by atoms with E-state index in [9.17, 15) is 33.9 Å². The molecule has 0 aromatic heterocycles.